The quantitative estimate of drug-likeness (QED) is 0.337. The van der Waals surface area contributed by atoms with Crippen molar-refractivity contribution in [2.24, 2.45) is 22.7 Å². The van der Waals surface area contributed by atoms with E-state index in [1.807, 2.05) is 7.05 Å². The molecule has 0 spiro atoms. The van der Waals surface area contributed by atoms with Crippen molar-refractivity contribution >= 4 is 29.9 Å². The lowest BCUT2D eigenvalue weighted by Gasteiger charge is -2.37. The van der Waals surface area contributed by atoms with Crippen LogP contribution in [0.15, 0.2) is 4.99 Å². The Bertz CT molecular complexity index is 297. The van der Waals surface area contributed by atoms with Gasteiger partial charge in [0, 0.05) is 33.3 Å². The molecule has 0 aromatic heterocycles. The van der Waals surface area contributed by atoms with E-state index in [9.17, 15) is 0 Å². The normalized spacial score (nSPS) is 27.1. The number of halogens is 1. The van der Waals surface area contributed by atoms with Crippen molar-refractivity contribution in [3.63, 3.8) is 0 Å². The van der Waals surface area contributed by atoms with E-state index < -0.39 is 0 Å². The largest absolute Gasteiger partial charge is 0.379 e. The molecule has 2 rings (SSSR count). The van der Waals surface area contributed by atoms with Crippen molar-refractivity contribution in [2.45, 2.75) is 33.1 Å². The molecule has 2 unspecified atom stereocenters. The first kappa shape index (κ1) is 18.0. The Hall–Kier alpha value is -0.0400. The summed E-state index contributed by atoms with van der Waals surface area (Å²) in [7, 11) is 1.87. The lowest BCUT2D eigenvalue weighted by atomic mass is 9.92. The van der Waals surface area contributed by atoms with Crippen LogP contribution in [0.5, 0.6) is 0 Å². The molecule has 118 valence electrons. The fourth-order valence-corrected chi connectivity index (χ4v) is 2.94. The van der Waals surface area contributed by atoms with E-state index >= 15 is 0 Å². The summed E-state index contributed by atoms with van der Waals surface area (Å²) < 4.78 is 5.65. The molecule has 2 fully saturated rings. The van der Waals surface area contributed by atoms with Crippen molar-refractivity contribution in [3.8, 4) is 0 Å². The second-order valence-electron chi connectivity index (χ2n) is 6.34. The maximum atomic E-state index is 5.65. The highest BCUT2D eigenvalue weighted by Gasteiger charge is 2.24. The van der Waals surface area contributed by atoms with E-state index in [1.165, 1.54) is 19.3 Å². The lowest BCUT2D eigenvalue weighted by molar-refractivity contribution is 0.127. The monoisotopic (exact) mass is 395 g/mol. The zero-order valence-electron chi connectivity index (χ0n) is 13.1. The molecular formula is C15H30IN3O. The minimum Gasteiger partial charge on any atom is -0.379 e. The second-order valence-corrected chi connectivity index (χ2v) is 6.34. The molecule has 0 radical (unpaired) electrons. The topological polar surface area (TPSA) is 36.9 Å². The van der Waals surface area contributed by atoms with E-state index in [0.717, 1.165) is 56.6 Å². The summed E-state index contributed by atoms with van der Waals surface area (Å²) in [5.41, 5.74) is 0. The van der Waals surface area contributed by atoms with Gasteiger partial charge >= 0.3 is 0 Å². The maximum Gasteiger partial charge on any atom is 0.193 e. The van der Waals surface area contributed by atoms with Gasteiger partial charge in [-0.05, 0) is 37.0 Å². The number of nitrogens with zero attached hydrogens (tertiary/aromatic N) is 2. The van der Waals surface area contributed by atoms with Gasteiger partial charge in [0.05, 0.1) is 6.61 Å². The van der Waals surface area contributed by atoms with Gasteiger partial charge in [0.2, 0.25) is 0 Å². The molecule has 0 bridgehead atoms. The smallest absolute Gasteiger partial charge is 0.193 e. The van der Waals surface area contributed by atoms with Crippen LogP contribution in [-0.4, -0.2) is 50.8 Å². The van der Waals surface area contributed by atoms with Crippen molar-refractivity contribution in [2.75, 3.05) is 39.9 Å². The Morgan fingerprint density at radius 1 is 1.25 bits per heavy atom. The number of rotatable bonds is 5. The fraction of sp³-hybridized carbons (Fsp3) is 0.933. The number of nitrogens with one attached hydrogen (secondary N) is 1. The molecule has 1 heterocycles. The highest BCUT2D eigenvalue weighted by Crippen LogP contribution is 2.28. The van der Waals surface area contributed by atoms with Crippen LogP contribution >= 0.6 is 24.0 Å². The van der Waals surface area contributed by atoms with E-state index in [0.29, 0.717) is 0 Å². The molecule has 1 aliphatic heterocycles. The van der Waals surface area contributed by atoms with E-state index in [2.05, 4.69) is 29.1 Å². The van der Waals surface area contributed by atoms with Crippen molar-refractivity contribution in [3.05, 3.63) is 0 Å². The molecule has 2 aliphatic rings. The highest BCUT2D eigenvalue weighted by atomic mass is 127. The maximum absolute atomic E-state index is 5.65. The zero-order chi connectivity index (χ0) is 13.7. The number of aliphatic imine (C=N–C) groups is 1. The molecule has 0 aromatic carbocycles. The van der Waals surface area contributed by atoms with Gasteiger partial charge in [0.1, 0.15) is 0 Å². The average molecular weight is 395 g/mol. The molecule has 1 saturated heterocycles. The van der Waals surface area contributed by atoms with Crippen LogP contribution in [-0.2, 0) is 4.74 Å². The molecule has 1 aliphatic carbocycles. The first-order valence-corrected chi connectivity index (χ1v) is 7.72. The van der Waals surface area contributed by atoms with E-state index in [4.69, 9.17) is 4.74 Å². The lowest BCUT2D eigenvalue weighted by Crippen LogP contribution is -2.49. The first-order valence-electron chi connectivity index (χ1n) is 7.72. The van der Waals surface area contributed by atoms with Gasteiger partial charge in [-0.2, -0.15) is 0 Å². The van der Waals surface area contributed by atoms with E-state index in [-0.39, 0.29) is 24.0 Å². The van der Waals surface area contributed by atoms with Crippen LogP contribution in [0.2, 0.25) is 0 Å². The Morgan fingerprint density at radius 2 is 1.90 bits per heavy atom. The van der Waals surface area contributed by atoms with Gasteiger partial charge in [-0.25, -0.2) is 0 Å². The third kappa shape index (κ3) is 6.16. The number of piperidine rings is 1. The number of hydrogen-bond donors (Lipinski definition) is 1. The minimum absolute atomic E-state index is 0. The molecular weight excluding hydrogens is 365 g/mol. The molecule has 20 heavy (non-hydrogen) atoms. The summed E-state index contributed by atoms with van der Waals surface area (Å²) in [6.45, 7) is 9.48. The second kappa shape index (κ2) is 9.07. The van der Waals surface area contributed by atoms with Crippen LogP contribution in [0, 0.1) is 17.8 Å². The Kier molecular flexibility index (Phi) is 8.17. The summed E-state index contributed by atoms with van der Waals surface area (Å²) >= 11 is 0. The third-order valence-electron chi connectivity index (χ3n) is 3.96. The zero-order valence-corrected chi connectivity index (χ0v) is 15.4. The SMILES string of the molecule is CN=C(NCCOCC1CC1)N1CC(C)CC(C)C1.I. The van der Waals surface area contributed by atoms with Crippen molar-refractivity contribution < 1.29 is 4.74 Å². The molecule has 2 atom stereocenters. The summed E-state index contributed by atoms with van der Waals surface area (Å²) in [6.07, 6.45) is 4.05. The van der Waals surface area contributed by atoms with Gasteiger partial charge in [-0.3, -0.25) is 4.99 Å². The Morgan fingerprint density at radius 3 is 2.45 bits per heavy atom. The summed E-state index contributed by atoms with van der Waals surface area (Å²) in [6, 6.07) is 0. The fourth-order valence-electron chi connectivity index (χ4n) is 2.94. The highest BCUT2D eigenvalue weighted by molar-refractivity contribution is 14.0. The molecule has 0 aromatic rings. The Balaban J connectivity index is 0.00000200. The molecule has 0 amide bonds. The number of ether oxygens (including phenoxy) is 1. The van der Waals surface area contributed by atoms with Gasteiger partial charge in [0.15, 0.2) is 5.96 Å². The predicted octanol–water partition coefficient (Wildman–Crippen LogP) is 2.58. The van der Waals surface area contributed by atoms with Crippen LogP contribution in [0.1, 0.15) is 33.1 Å². The summed E-state index contributed by atoms with van der Waals surface area (Å²) in [4.78, 5) is 6.79. The van der Waals surface area contributed by atoms with Gasteiger partial charge < -0.3 is 15.0 Å². The van der Waals surface area contributed by atoms with Crippen LogP contribution in [0.3, 0.4) is 0 Å². The first-order chi connectivity index (χ1) is 9.19. The predicted molar refractivity (Wildman–Crippen MR) is 94.8 cm³/mol. The van der Waals surface area contributed by atoms with Crippen LogP contribution in [0.25, 0.3) is 0 Å². The number of likely N-dealkylation sites (tertiary alicyclic amines) is 1. The van der Waals surface area contributed by atoms with Crippen LogP contribution in [0.4, 0.5) is 0 Å². The molecule has 1 N–H and O–H groups in total. The number of guanidine groups is 1. The van der Waals surface area contributed by atoms with Gasteiger partial charge in [0.25, 0.3) is 0 Å². The van der Waals surface area contributed by atoms with Gasteiger partial charge in [-0.15, -0.1) is 24.0 Å². The van der Waals surface area contributed by atoms with Crippen molar-refractivity contribution in [1.82, 2.24) is 10.2 Å². The minimum atomic E-state index is 0. The average Bonchev–Trinajstić information content (AvgIpc) is 3.16. The summed E-state index contributed by atoms with van der Waals surface area (Å²) in [5.74, 6) is 3.40. The van der Waals surface area contributed by atoms with Gasteiger partial charge in [-0.1, -0.05) is 13.8 Å². The van der Waals surface area contributed by atoms with E-state index in [1.54, 1.807) is 0 Å². The standard InChI is InChI=1S/C15H29N3O.HI/c1-12-8-13(2)10-18(9-12)15(16-3)17-6-7-19-11-14-4-5-14;/h12-14H,4-11H2,1-3H3,(H,16,17);1H. The van der Waals surface area contributed by atoms with Crippen molar-refractivity contribution in [1.29, 1.82) is 0 Å². The third-order valence-corrected chi connectivity index (χ3v) is 3.96. The molecule has 4 nitrogen and oxygen atoms in total. The molecule has 5 heteroatoms. The Labute approximate surface area is 140 Å². The summed E-state index contributed by atoms with van der Waals surface area (Å²) in [5, 5.41) is 3.43. The molecule has 1 saturated carbocycles. The van der Waals surface area contributed by atoms with Crippen LogP contribution < -0.4 is 5.32 Å². The number of hydrogen-bond acceptors (Lipinski definition) is 2.